The Morgan fingerprint density at radius 3 is 2.86 bits per heavy atom. The zero-order valence-corrected chi connectivity index (χ0v) is 12.8. The third-order valence-corrected chi connectivity index (χ3v) is 3.86. The second kappa shape index (κ2) is 6.02. The lowest BCUT2D eigenvalue weighted by Gasteiger charge is -2.10. The molecule has 3 aromatic rings. The van der Waals surface area contributed by atoms with Crippen molar-refractivity contribution in [3.63, 3.8) is 0 Å². The SMILES string of the molecule is COc1ccnc(Cn2nc(-c3cccs3)oc2=O)c1OC. The molecule has 0 fully saturated rings. The Morgan fingerprint density at radius 1 is 1.32 bits per heavy atom. The fourth-order valence-electron chi connectivity index (χ4n) is 2.01. The van der Waals surface area contributed by atoms with E-state index in [-0.39, 0.29) is 6.54 Å². The summed E-state index contributed by atoms with van der Waals surface area (Å²) in [5.41, 5.74) is 0.537. The van der Waals surface area contributed by atoms with Gasteiger partial charge in [-0.25, -0.2) is 4.79 Å². The van der Waals surface area contributed by atoms with E-state index in [1.54, 1.807) is 19.4 Å². The maximum Gasteiger partial charge on any atom is 0.437 e. The van der Waals surface area contributed by atoms with Crippen LogP contribution in [0.25, 0.3) is 10.8 Å². The molecule has 3 aromatic heterocycles. The zero-order chi connectivity index (χ0) is 15.5. The van der Waals surface area contributed by atoms with Crippen molar-refractivity contribution in [3.05, 3.63) is 46.0 Å². The van der Waals surface area contributed by atoms with Gasteiger partial charge in [0.05, 0.1) is 25.6 Å². The van der Waals surface area contributed by atoms with Crippen molar-refractivity contribution in [1.82, 2.24) is 14.8 Å². The highest BCUT2D eigenvalue weighted by Gasteiger charge is 2.16. The summed E-state index contributed by atoms with van der Waals surface area (Å²) in [4.78, 5) is 16.9. The topological polar surface area (TPSA) is 79.4 Å². The Morgan fingerprint density at radius 2 is 2.18 bits per heavy atom. The van der Waals surface area contributed by atoms with E-state index < -0.39 is 5.76 Å². The summed E-state index contributed by atoms with van der Waals surface area (Å²) in [5.74, 6) is 0.761. The van der Waals surface area contributed by atoms with Gasteiger partial charge in [0.25, 0.3) is 5.89 Å². The first-order valence-electron chi connectivity index (χ1n) is 6.40. The summed E-state index contributed by atoms with van der Waals surface area (Å²) in [6.07, 6.45) is 1.59. The van der Waals surface area contributed by atoms with Gasteiger partial charge in [-0.05, 0) is 11.4 Å². The second-order valence-electron chi connectivity index (χ2n) is 4.30. The molecule has 0 aliphatic rings. The molecule has 3 heterocycles. The molecule has 0 atom stereocenters. The van der Waals surface area contributed by atoms with E-state index in [9.17, 15) is 4.79 Å². The lowest BCUT2D eigenvalue weighted by molar-refractivity contribution is 0.347. The van der Waals surface area contributed by atoms with Gasteiger partial charge in [-0.15, -0.1) is 16.4 Å². The number of ether oxygens (including phenoxy) is 2. The van der Waals surface area contributed by atoms with E-state index in [0.717, 1.165) is 4.88 Å². The number of methoxy groups -OCH3 is 2. The minimum atomic E-state index is -0.546. The standard InChI is InChI=1S/C14H13N3O4S/c1-19-10-5-6-15-9(12(10)20-2)8-17-14(18)21-13(16-17)11-4-3-7-22-11/h3-7H,8H2,1-2H3. The highest BCUT2D eigenvalue weighted by Crippen LogP contribution is 2.29. The smallest absolute Gasteiger partial charge is 0.437 e. The van der Waals surface area contributed by atoms with Crippen molar-refractivity contribution in [3.8, 4) is 22.3 Å². The maximum atomic E-state index is 11.9. The van der Waals surface area contributed by atoms with Crippen LogP contribution in [-0.2, 0) is 6.54 Å². The molecule has 0 bridgehead atoms. The average Bonchev–Trinajstić information content (AvgIpc) is 3.17. The van der Waals surface area contributed by atoms with Crippen LogP contribution in [0.3, 0.4) is 0 Å². The number of nitrogens with zero attached hydrogens (tertiary/aromatic N) is 3. The molecular formula is C14H13N3O4S. The van der Waals surface area contributed by atoms with E-state index in [2.05, 4.69) is 10.1 Å². The van der Waals surface area contributed by atoms with E-state index in [4.69, 9.17) is 13.9 Å². The van der Waals surface area contributed by atoms with Gasteiger partial charge in [-0.3, -0.25) is 4.98 Å². The monoisotopic (exact) mass is 319 g/mol. The van der Waals surface area contributed by atoms with Gasteiger partial charge in [0, 0.05) is 12.3 Å². The predicted molar refractivity (Wildman–Crippen MR) is 80.5 cm³/mol. The Kier molecular flexibility index (Phi) is 3.92. The summed E-state index contributed by atoms with van der Waals surface area (Å²) in [7, 11) is 3.06. The lowest BCUT2D eigenvalue weighted by Crippen LogP contribution is -2.18. The molecular weight excluding hydrogens is 306 g/mol. The van der Waals surface area contributed by atoms with Crippen LogP contribution in [0.2, 0.25) is 0 Å². The largest absolute Gasteiger partial charge is 0.493 e. The fourth-order valence-corrected chi connectivity index (χ4v) is 2.66. The van der Waals surface area contributed by atoms with Gasteiger partial charge in [-0.1, -0.05) is 6.07 Å². The molecule has 0 radical (unpaired) electrons. The molecule has 8 heteroatoms. The van der Waals surface area contributed by atoms with Crippen LogP contribution in [0.15, 0.2) is 39.0 Å². The zero-order valence-electron chi connectivity index (χ0n) is 12.0. The van der Waals surface area contributed by atoms with Crippen LogP contribution >= 0.6 is 11.3 Å². The third kappa shape index (κ3) is 2.60. The Labute approximate surface area is 129 Å². The first kappa shape index (κ1) is 14.3. The van der Waals surface area contributed by atoms with Crippen molar-refractivity contribution in [2.75, 3.05) is 14.2 Å². The molecule has 0 amide bonds. The van der Waals surface area contributed by atoms with Crippen LogP contribution in [-0.4, -0.2) is 29.0 Å². The highest BCUT2D eigenvalue weighted by molar-refractivity contribution is 7.13. The number of pyridine rings is 1. The lowest BCUT2D eigenvalue weighted by atomic mass is 10.3. The molecule has 0 aliphatic carbocycles. The number of aromatic nitrogens is 3. The van der Waals surface area contributed by atoms with Gasteiger partial charge in [0.15, 0.2) is 11.5 Å². The highest BCUT2D eigenvalue weighted by atomic mass is 32.1. The van der Waals surface area contributed by atoms with Crippen molar-refractivity contribution >= 4 is 11.3 Å². The van der Waals surface area contributed by atoms with Crippen LogP contribution < -0.4 is 15.2 Å². The molecule has 7 nitrogen and oxygen atoms in total. The van der Waals surface area contributed by atoms with Gasteiger partial charge in [0.1, 0.15) is 5.69 Å². The first-order valence-corrected chi connectivity index (χ1v) is 7.28. The molecule has 0 saturated heterocycles. The van der Waals surface area contributed by atoms with Gasteiger partial charge in [-0.2, -0.15) is 4.68 Å². The Bertz CT molecular complexity index is 823. The molecule has 0 unspecified atom stereocenters. The van der Waals surface area contributed by atoms with E-state index in [1.165, 1.54) is 23.1 Å². The summed E-state index contributed by atoms with van der Waals surface area (Å²) in [5, 5.41) is 6.08. The van der Waals surface area contributed by atoms with Crippen LogP contribution in [0.1, 0.15) is 5.69 Å². The van der Waals surface area contributed by atoms with Crippen LogP contribution in [0, 0.1) is 0 Å². The molecule has 0 aromatic carbocycles. The normalized spacial score (nSPS) is 10.6. The van der Waals surface area contributed by atoms with Gasteiger partial charge >= 0.3 is 5.76 Å². The predicted octanol–water partition coefficient (Wildman–Crippen LogP) is 2.03. The minimum Gasteiger partial charge on any atom is -0.493 e. The van der Waals surface area contributed by atoms with Crippen molar-refractivity contribution < 1.29 is 13.9 Å². The minimum absolute atomic E-state index is 0.133. The Hall–Kier alpha value is -2.61. The average molecular weight is 319 g/mol. The molecule has 3 rings (SSSR count). The summed E-state index contributed by atoms with van der Waals surface area (Å²) < 4.78 is 16.9. The number of hydrogen-bond donors (Lipinski definition) is 0. The van der Waals surface area contributed by atoms with E-state index >= 15 is 0 Å². The fraction of sp³-hybridized carbons (Fsp3) is 0.214. The molecule has 0 aliphatic heterocycles. The summed E-state index contributed by atoms with van der Waals surface area (Å²) in [6, 6.07) is 5.39. The van der Waals surface area contributed by atoms with Crippen molar-refractivity contribution in [1.29, 1.82) is 0 Å². The van der Waals surface area contributed by atoms with Gasteiger partial charge in [0.2, 0.25) is 0 Å². The second-order valence-corrected chi connectivity index (χ2v) is 5.25. The summed E-state index contributed by atoms with van der Waals surface area (Å²) >= 11 is 1.45. The summed E-state index contributed by atoms with van der Waals surface area (Å²) in [6.45, 7) is 0.133. The molecule has 0 saturated carbocycles. The quantitative estimate of drug-likeness (QED) is 0.716. The number of thiophene rings is 1. The molecule has 114 valence electrons. The number of hydrogen-bond acceptors (Lipinski definition) is 7. The van der Waals surface area contributed by atoms with Crippen molar-refractivity contribution in [2.45, 2.75) is 6.54 Å². The van der Waals surface area contributed by atoms with Gasteiger partial charge < -0.3 is 13.9 Å². The van der Waals surface area contributed by atoms with Crippen LogP contribution in [0.4, 0.5) is 0 Å². The molecule has 0 spiro atoms. The number of rotatable bonds is 5. The van der Waals surface area contributed by atoms with E-state index in [1.807, 2.05) is 17.5 Å². The van der Waals surface area contributed by atoms with Crippen LogP contribution in [0.5, 0.6) is 11.5 Å². The third-order valence-electron chi connectivity index (χ3n) is 3.00. The van der Waals surface area contributed by atoms with E-state index in [0.29, 0.717) is 23.1 Å². The molecule has 22 heavy (non-hydrogen) atoms. The Balaban J connectivity index is 1.96. The van der Waals surface area contributed by atoms with Crippen molar-refractivity contribution in [2.24, 2.45) is 0 Å². The maximum absolute atomic E-state index is 11.9. The molecule has 0 N–H and O–H groups in total. The first-order chi connectivity index (χ1) is 10.7.